The molecule has 3 nitrogen and oxygen atoms in total. The van der Waals surface area contributed by atoms with Gasteiger partial charge in [-0.1, -0.05) is 35.6 Å². The number of aromatic nitrogens is 1. The smallest absolute Gasteiger partial charge is 0.270 e. The number of hydrogen-bond acceptors (Lipinski definition) is 2. The fourth-order valence-electron chi connectivity index (χ4n) is 1.42. The van der Waals surface area contributed by atoms with Crippen LogP contribution in [0.2, 0.25) is 5.02 Å². The molecule has 0 atom stereocenters. The molecule has 0 aliphatic carbocycles. The molecule has 1 N–H and O–H groups in total. The summed E-state index contributed by atoms with van der Waals surface area (Å²) >= 11 is 5.84. The third-order valence-corrected chi connectivity index (χ3v) is 2.53. The first-order valence-electron chi connectivity index (χ1n) is 5.69. The zero-order valence-corrected chi connectivity index (χ0v) is 10.8. The van der Waals surface area contributed by atoms with Crippen LogP contribution in [-0.2, 0) is 0 Å². The van der Waals surface area contributed by atoms with E-state index in [0.29, 0.717) is 10.7 Å². The highest BCUT2D eigenvalue weighted by Crippen LogP contribution is 2.09. The molecule has 4 heteroatoms. The number of pyridine rings is 1. The molecule has 94 valence electrons. The van der Waals surface area contributed by atoms with Crippen LogP contribution in [0.25, 0.3) is 0 Å². The van der Waals surface area contributed by atoms with Crippen LogP contribution in [0.1, 0.15) is 16.1 Å². The van der Waals surface area contributed by atoms with Gasteiger partial charge in [-0.25, -0.2) is 0 Å². The third-order valence-electron chi connectivity index (χ3n) is 2.29. The van der Waals surface area contributed by atoms with Crippen molar-refractivity contribution in [3.8, 4) is 11.8 Å². The minimum Gasteiger partial charge on any atom is -0.340 e. The van der Waals surface area contributed by atoms with Gasteiger partial charge < -0.3 is 5.32 Å². The molecule has 0 spiro atoms. The maximum atomic E-state index is 11.6. The van der Waals surface area contributed by atoms with Crippen LogP contribution in [0.3, 0.4) is 0 Å². The Morgan fingerprint density at radius 3 is 2.89 bits per heavy atom. The van der Waals surface area contributed by atoms with Gasteiger partial charge in [-0.05, 0) is 30.3 Å². The van der Waals surface area contributed by atoms with Crippen LogP contribution in [0.5, 0.6) is 0 Å². The van der Waals surface area contributed by atoms with Crippen LogP contribution in [0, 0.1) is 11.8 Å². The summed E-state index contributed by atoms with van der Waals surface area (Å²) in [6.07, 6.45) is 1.58. The number of rotatable bonds is 2. The van der Waals surface area contributed by atoms with Crippen molar-refractivity contribution in [3.05, 3.63) is 64.9 Å². The Hall–Kier alpha value is -2.31. The Labute approximate surface area is 116 Å². The molecule has 0 unspecified atom stereocenters. The first-order chi connectivity index (χ1) is 9.25. The second-order valence-corrected chi connectivity index (χ2v) is 4.15. The summed E-state index contributed by atoms with van der Waals surface area (Å²) in [6, 6.07) is 12.4. The minimum absolute atomic E-state index is 0.235. The van der Waals surface area contributed by atoms with Crippen molar-refractivity contribution in [2.45, 2.75) is 0 Å². The van der Waals surface area contributed by atoms with Gasteiger partial charge in [0.05, 0.1) is 6.54 Å². The molecule has 2 aromatic rings. The minimum atomic E-state index is -0.235. The van der Waals surface area contributed by atoms with Gasteiger partial charge in [0.1, 0.15) is 5.69 Å². The number of nitrogens with one attached hydrogen (secondary N) is 1. The zero-order chi connectivity index (χ0) is 13.5. The zero-order valence-electron chi connectivity index (χ0n) is 10.1. The van der Waals surface area contributed by atoms with E-state index in [-0.39, 0.29) is 12.5 Å². The van der Waals surface area contributed by atoms with E-state index in [1.54, 1.807) is 36.5 Å². The van der Waals surface area contributed by atoms with Gasteiger partial charge in [0.2, 0.25) is 0 Å². The van der Waals surface area contributed by atoms with Crippen molar-refractivity contribution >= 4 is 17.5 Å². The molecular weight excluding hydrogens is 260 g/mol. The largest absolute Gasteiger partial charge is 0.340 e. The molecular formula is C15H11ClN2O. The van der Waals surface area contributed by atoms with E-state index in [4.69, 9.17) is 11.6 Å². The van der Waals surface area contributed by atoms with Crippen LogP contribution in [0.15, 0.2) is 48.7 Å². The van der Waals surface area contributed by atoms with Gasteiger partial charge in [0.25, 0.3) is 5.91 Å². The quantitative estimate of drug-likeness (QED) is 0.852. The lowest BCUT2D eigenvalue weighted by molar-refractivity contribution is 0.0954. The Bertz CT molecular complexity index is 629. The molecule has 1 aromatic heterocycles. The summed E-state index contributed by atoms with van der Waals surface area (Å²) in [5, 5.41) is 3.32. The maximum Gasteiger partial charge on any atom is 0.270 e. The van der Waals surface area contributed by atoms with E-state index in [9.17, 15) is 4.79 Å². The molecule has 1 heterocycles. The first kappa shape index (κ1) is 13.1. The fourth-order valence-corrected chi connectivity index (χ4v) is 1.61. The number of carbonyl (C=O) groups is 1. The number of hydrogen-bond donors (Lipinski definition) is 1. The summed E-state index contributed by atoms with van der Waals surface area (Å²) in [4.78, 5) is 15.6. The summed E-state index contributed by atoms with van der Waals surface area (Å²) in [6.45, 7) is 0.266. The summed E-state index contributed by atoms with van der Waals surface area (Å²) in [5.74, 6) is 5.55. The summed E-state index contributed by atoms with van der Waals surface area (Å²) in [5.41, 5.74) is 1.20. The monoisotopic (exact) mass is 270 g/mol. The molecule has 0 aliphatic heterocycles. The van der Waals surface area contributed by atoms with Crippen molar-refractivity contribution in [2.75, 3.05) is 6.54 Å². The van der Waals surface area contributed by atoms with Crippen molar-refractivity contribution < 1.29 is 4.79 Å². The normalized spacial score (nSPS) is 9.32. The van der Waals surface area contributed by atoms with Crippen molar-refractivity contribution in [3.63, 3.8) is 0 Å². The van der Waals surface area contributed by atoms with Crippen molar-refractivity contribution in [1.82, 2.24) is 10.3 Å². The molecule has 1 aromatic carbocycles. The molecule has 2 rings (SSSR count). The van der Waals surface area contributed by atoms with E-state index in [1.165, 1.54) is 0 Å². The lowest BCUT2D eigenvalue weighted by Crippen LogP contribution is -2.24. The molecule has 0 bridgehead atoms. The van der Waals surface area contributed by atoms with Crippen LogP contribution >= 0.6 is 11.6 Å². The highest BCUT2D eigenvalue weighted by molar-refractivity contribution is 6.30. The molecule has 0 radical (unpaired) electrons. The Morgan fingerprint density at radius 2 is 2.16 bits per heavy atom. The topological polar surface area (TPSA) is 42.0 Å². The van der Waals surface area contributed by atoms with Crippen LogP contribution < -0.4 is 5.32 Å². The molecule has 19 heavy (non-hydrogen) atoms. The van der Waals surface area contributed by atoms with E-state index < -0.39 is 0 Å². The number of carbonyl (C=O) groups excluding carboxylic acids is 1. The lowest BCUT2D eigenvalue weighted by atomic mass is 10.2. The summed E-state index contributed by atoms with van der Waals surface area (Å²) in [7, 11) is 0. The van der Waals surface area contributed by atoms with Gasteiger partial charge in [0, 0.05) is 16.8 Å². The number of nitrogens with zero attached hydrogens (tertiary/aromatic N) is 1. The fraction of sp³-hybridized carbons (Fsp3) is 0.0667. The van der Waals surface area contributed by atoms with Gasteiger partial charge in [0.15, 0.2) is 0 Å². The van der Waals surface area contributed by atoms with Crippen LogP contribution in [0.4, 0.5) is 0 Å². The van der Waals surface area contributed by atoms with E-state index in [2.05, 4.69) is 22.1 Å². The second-order valence-electron chi connectivity index (χ2n) is 3.71. The van der Waals surface area contributed by atoms with Gasteiger partial charge in [-0.15, -0.1) is 0 Å². The molecule has 0 saturated heterocycles. The predicted molar refractivity (Wildman–Crippen MR) is 74.9 cm³/mol. The molecule has 0 saturated carbocycles. The first-order valence-corrected chi connectivity index (χ1v) is 6.07. The highest BCUT2D eigenvalue weighted by atomic mass is 35.5. The van der Waals surface area contributed by atoms with Gasteiger partial charge >= 0.3 is 0 Å². The van der Waals surface area contributed by atoms with Gasteiger partial charge in [-0.2, -0.15) is 0 Å². The Kier molecular flexibility index (Phi) is 4.54. The number of amides is 1. The second kappa shape index (κ2) is 6.58. The van der Waals surface area contributed by atoms with E-state index in [0.717, 1.165) is 5.56 Å². The SMILES string of the molecule is O=C(NCC#Cc1cccc(Cl)c1)c1ccccn1. The third kappa shape index (κ3) is 4.13. The van der Waals surface area contributed by atoms with E-state index >= 15 is 0 Å². The average Bonchev–Trinajstić information content (AvgIpc) is 2.44. The standard InChI is InChI=1S/C15H11ClN2O/c16-13-7-3-5-12(11-13)6-4-10-18-15(19)14-8-1-2-9-17-14/h1-3,5,7-9,11H,10H2,(H,18,19). The lowest BCUT2D eigenvalue weighted by Gasteiger charge is -1.99. The molecule has 0 fully saturated rings. The predicted octanol–water partition coefficient (Wildman–Crippen LogP) is 2.52. The maximum absolute atomic E-state index is 11.6. The molecule has 0 aliphatic rings. The van der Waals surface area contributed by atoms with Crippen molar-refractivity contribution in [2.24, 2.45) is 0 Å². The van der Waals surface area contributed by atoms with Gasteiger partial charge in [-0.3, -0.25) is 9.78 Å². The van der Waals surface area contributed by atoms with Crippen molar-refractivity contribution in [1.29, 1.82) is 0 Å². The number of halogens is 1. The summed E-state index contributed by atoms with van der Waals surface area (Å²) < 4.78 is 0. The number of benzene rings is 1. The molecule has 1 amide bonds. The highest BCUT2D eigenvalue weighted by Gasteiger charge is 2.02. The van der Waals surface area contributed by atoms with Crippen LogP contribution in [-0.4, -0.2) is 17.4 Å². The Balaban J connectivity index is 1.89. The Morgan fingerprint density at radius 1 is 1.26 bits per heavy atom. The average molecular weight is 271 g/mol. The van der Waals surface area contributed by atoms with E-state index in [1.807, 2.05) is 12.1 Å².